The number of nitrogens with zero attached hydrogens (tertiary/aromatic N) is 2. The summed E-state index contributed by atoms with van der Waals surface area (Å²) >= 11 is 0. The predicted octanol–water partition coefficient (Wildman–Crippen LogP) is 0.727. The highest BCUT2D eigenvalue weighted by atomic mass is 16.2. The van der Waals surface area contributed by atoms with Crippen molar-refractivity contribution < 1.29 is 9.59 Å². The molecular weight excluding hydrogens is 268 g/mol. The molecule has 0 saturated heterocycles. The maximum absolute atomic E-state index is 12.2. The normalized spacial score (nSPS) is 17.0. The molecule has 1 unspecified atom stereocenters. The zero-order valence-electron chi connectivity index (χ0n) is 11.5. The van der Waals surface area contributed by atoms with Gasteiger partial charge in [-0.05, 0) is 31.0 Å². The average molecular weight is 284 g/mol. The maximum atomic E-state index is 12.2. The number of hydrogen-bond donors (Lipinski definition) is 2. The Morgan fingerprint density at radius 3 is 2.95 bits per heavy atom. The number of carbonyl (C=O) groups is 2. The molecule has 0 radical (unpaired) electrons. The highest BCUT2D eigenvalue weighted by Crippen LogP contribution is 2.14. The van der Waals surface area contributed by atoms with Crippen LogP contribution in [0.1, 0.15) is 32.8 Å². The van der Waals surface area contributed by atoms with Gasteiger partial charge in [-0.1, -0.05) is 6.07 Å². The molecule has 6 heteroatoms. The van der Waals surface area contributed by atoms with Crippen LogP contribution in [0.2, 0.25) is 0 Å². The van der Waals surface area contributed by atoms with Gasteiger partial charge in [0.2, 0.25) is 5.91 Å². The van der Waals surface area contributed by atoms with Gasteiger partial charge in [0, 0.05) is 35.6 Å². The molecule has 2 aromatic rings. The molecule has 0 aliphatic carbocycles. The van der Waals surface area contributed by atoms with Gasteiger partial charge in [0.15, 0.2) is 0 Å². The van der Waals surface area contributed by atoms with Gasteiger partial charge in [0.25, 0.3) is 5.91 Å². The number of fused-ring (bicyclic) bond motifs is 1. The van der Waals surface area contributed by atoms with Crippen LogP contribution in [0.25, 0.3) is 0 Å². The van der Waals surface area contributed by atoms with Crippen molar-refractivity contribution in [2.45, 2.75) is 25.4 Å². The first-order valence-electron chi connectivity index (χ1n) is 6.83. The first kappa shape index (κ1) is 13.4. The van der Waals surface area contributed by atoms with E-state index in [1.807, 2.05) is 10.8 Å². The van der Waals surface area contributed by atoms with E-state index in [9.17, 15) is 9.59 Å². The number of hydrogen-bond acceptors (Lipinski definition) is 3. The van der Waals surface area contributed by atoms with Gasteiger partial charge in [-0.15, -0.1) is 0 Å². The molecule has 0 saturated carbocycles. The third kappa shape index (κ3) is 2.79. The molecule has 1 aliphatic heterocycles. The van der Waals surface area contributed by atoms with Crippen LogP contribution in [0.15, 0.2) is 36.8 Å². The number of carbonyl (C=O) groups excluding carboxylic acids is 2. The second kappa shape index (κ2) is 5.40. The van der Waals surface area contributed by atoms with Crippen molar-refractivity contribution in [3.05, 3.63) is 53.6 Å². The quantitative estimate of drug-likeness (QED) is 0.870. The van der Waals surface area contributed by atoms with E-state index in [0.29, 0.717) is 11.1 Å². The Kier molecular flexibility index (Phi) is 3.43. The summed E-state index contributed by atoms with van der Waals surface area (Å²) in [5.41, 5.74) is 7.20. The van der Waals surface area contributed by atoms with E-state index in [1.165, 1.54) is 11.8 Å². The van der Waals surface area contributed by atoms with E-state index in [2.05, 4.69) is 10.3 Å². The van der Waals surface area contributed by atoms with Crippen LogP contribution in [0.3, 0.4) is 0 Å². The molecule has 6 nitrogen and oxygen atoms in total. The van der Waals surface area contributed by atoms with Gasteiger partial charge in [0.05, 0.1) is 6.33 Å². The molecular formula is C15H16N4O2. The first-order chi connectivity index (χ1) is 10.1. The molecule has 2 amide bonds. The number of nitrogens with one attached hydrogen (secondary N) is 1. The third-order valence-corrected chi connectivity index (χ3v) is 3.71. The third-order valence-electron chi connectivity index (χ3n) is 3.71. The Bertz CT molecular complexity index is 692. The van der Waals surface area contributed by atoms with Crippen LogP contribution in [-0.2, 0) is 13.0 Å². The van der Waals surface area contributed by atoms with Crippen molar-refractivity contribution in [2.75, 3.05) is 0 Å². The average Bonchev–Trinajstić information content (AvgIpc) is 2.95. The molecule has 0 spiro atoms. The second-order valence-corrected chi connectivity index (χ2v) is 5.19. The van der Waals surface area contributed by atoms with Crippen molar-refractivity contribution in [1.82, 2.24) is 14.9 Å². The van der Waals surface area contributed by atoms with Crippen LogP contribution in [0.5, 0.6) is 0 Å². The number of aryl methyl sites for hydroxylation is 1. The number of aromatic nitrogens is 2. The lowest BCUT2D eigenvalue weighted by molar-refractivity contribution is 0.0928. The van der Waals surface area contributed by atoms with Crippen LogP contribution in [0.4, 0.5) is 0 Å². The number of benzene rings is 1. The standard InChI is InChI=1S/C15H16N4O2/c16-14(20)10-2-1-3-11(6-10)15(21)18-12-4-5-13-7-17-9-19(13)8-12/h1-3,6-7,9,12H,4-5,8H2,(H2,16,20)(H,18,21). The summed E-state index contributed by atoms with van der Waals surface area (Å²) in [6, 6.07) is 6.51. The highest BCUT2D eigenvalue weighted by molar-refractivity contribution is 5.99. The summed E-state index contributed by atoms with van der Waals surface area (Å²) in [5, 5.41) is 2.99. The van der Waals surface area contributed by atoms with Crippen molar-refractivity contribution in [3.63, 3.8) is 0 Å². The molecule has 0 bridgehead atoms. The van der Waals surface area contributed by atoms with Crippen molar-refractivity contribution in [1.29, 1.82) is 0 Å². The maximum Gasteiger partial charge on any atom is 0.251 e. The summed E-state index contributed by atoms with van der Waals surface area (Å²) in [4.78, 5) is 27.5. The lowest BCUT2D eigenvalue weighted by atomic mass is 10.0. The molecule has 1 aliphatic rings. The molecule has 108 valence electrons. The number of rotatable bonds is 3. The molecule has 1 atom stereocenters. The fourth-order valence-corrected chi connectivity index (χ4v) is 2.57. The topological polar surface area (TPSA) is 90.0 Å². The predicted molar refractivity (Wildman–Crippen MR) is 76.8 cm³/mol. The van der Waals surface area contributed by atoms with E-state index in [1.54, 1.807) is 24.5 Å². The van der Waals surface area contributed by atoms with Crippen LogP contribution < -0.4 is 11.1 Å². The van der Waals surface area contributed by atoms with E-state index >= 15 is 0 Å². The smallest absolute Gasteiger partial charge is 0.251 e. The van der Waals surface area contributed by atoms with Gasteiger partial charge < -0.3 is 15.6 Å². The lowest BCUT2D eigenvalue weighted by Crippen LogP contribution is -2.40. The van der Waals surface area contributed by atoms with Gasteiger partial charge in [-0.2, -0.15) is 0 Å². The van der Waals surface area contributed by atoms with Gasteiger partial charge in [-0.25, -0.2) is 4.98 Å². The Labute approximate surface area is 122 Å². The van der Waals surface area contributed by atoms with E-state index < -0.39 is 5.91 Å². The molecule has 1 aromatic carbocycles. The van der Waals surface area contributed by atoms with E-state index in [-0.39, 0.29) is 11.9 Å². The molecule has 0 fully saturated rings. The number of amides is 2. The Balaban J connectivity index is 1.70. The fraction of sp³-hybridized carbons (Fsp3) is 0.267. The summed E-state index contributed by atoms with van der Waals surface area (Å²) < 4.78 is 2.05. The Hall–Kier alpha value is -2.63. The highest BCUT2D eigenvalue weighted by Gasteiger charge is 2.20. The zero-order chi connectivity index (χ0) is 14.8. The summed E-state index contributed by atoms with van der Waals surface area (Å²) in [7, 11) is 0. The molecule has 3 rings (SSSR count). The fourth-order valence-electron chi connectivity index (χ4n) is 2.57. The lowest BCUT2D eigenvalue weighted by Gasteiger charge is -2.25. The van der Waals surface area contributed by atoms with Crippen LogP contribution >= 0.6 is 0 Å². The van der Waals surface area contributed by atoms with Crippen LogP contribution in [-0.4, -0.2) is 27.4 Å². The summed E-state index contributed by atoms with van der Waals surface area (Å²) in [6.07, 6.45) is 5.41. The Morgan fingerprint density at radius 2 is 2.14 bits per heavy atom. The minimum Gasteiger partial charge on any atom is -0.366 e. The van der Waals surface area contributed by atoms with Gasteiger partial charge >= 0.3 is 0 Å². The molecule has 3 N–H and O–H groups in total. The zero-order valence-corrected chi connectivity index (χ0v) is 11.5. The number of imidazole rings is 1. The molecule has 2 heterocycles. The monoisotopic (exact) mass is 284 g/mol. The minimum absolute atomic E-state index is 0.0661. The van der Waals surface area contributed by atoms with E-state index in [0.717, 1.165) is 19.4 Å². The van der Waals surface area contributed by atoms with Crippen LogP contribution in [0, 0.1) is 0 Å². The van der Waals surface area contributed by atoms with Gasteiger partial charge in [-0.3, -0.25) is 9.59 Å². The van der Waals surface area contributed by atoms with Crippen molar-refractivity contribution >= 4 is 11.8 Å². The van der Waals surface area contributed by atoms with Crippen molar-refractivity contribution in [2.24, 2.45) is 5.73 Å². The molecule has 21 heavy (non-hydrogen) atoms. The minimum atomic E-state index is -0.537. The largest absolute Gasteiger partial charge is 0.366 e. The number of primary amides is 1. The first-order valence-corrected chi connectivity index (χ1v) is 6.83. The number of nitrogens with two attached hydrogens (primary N) is 1. The summed E-state index contributed by atoms with van der Waals surface area (Å²) in [5.74, 6) is -0.725. The van der Waals surface area contributed by atoms with Gasteiger partial charge in [0.1, 0.15) is 0 Å². The van der Waals surface area contributed by atoms with E-state index in [4.69, 9.17) is 5.73 Å². The SMILES string of the molecule is NC(=O)c1cccc(C(=O)NC2CCc3cncn3C2)c1. The summed E-state index contributed by atoms with van der Waals surface area (Å²) in [6.45, 7) is 0.719. The Morgan fingerprint density at radius 1 is 1.33 bits per heavy atom. The second-order valence-electron chi connectivity index (χ2n) is 5.19. The molecule has 1 aromatic heterocycles. The van der Waals surface area contributed by atoms with Crippen molar-refractivity contribution in [3.8, 4) is 0 Å².